The van der Waals surface area contributed by atoms with E-state index in [1.807, 2.05) is 24.3 Å². The first kappa shape index (κ1) is 16.8. The van der Waals surface area contributed by atoms with E-state index >= 15 is 0 Å². The second-order valence-electron chi connectivity index (χ2n) is 5.43. The normalized spacial score (nSPS) is 16.1. The fraction of sp³-hybridized carbons (Fsp3) is 0.353. The number of halogens is 1. The zero-order chi connectivity index (χ0) is 16.3. The average molecular weight is 365 g/mol. The minimum atomic E-state index is -0.627. The molecule has 0 radical (unpaired) electrons. The van der Waals surface area contributed by atoms with Gasteiger partial charge in [-0.2, -0.15) is 0 Å². The van der Waals surface area contributed by atoms with Gasteiger partial charge < -0.3 is 10.4 Å². The van der Waals surface area contributed by atoms with Crippen molar-refractivity contribution in [3.63, 3.8) is 0 Å². The fourth-order valence-corrected chi connectivity index (χ4v) is 2.50. The quantitative estimate of drug-likeness (QED) is 0.763. The maximum Gasteiger partial charge on any atom is 0.259 e. The Bertz CT molecular complexity index is 589. The molecule has 2 rings (SSSR count). The second-order valence-corrected chi connectivity index (χ2v) is 6.35. The number of nitrogens with zero attached hydrogens (tertiary/aromatic N) is 1. The Kier molecular flexibility index (Phi) is 5.42. The van der Waals surface area contributed by atoms with Crippen LogP contribution in [0.25, 0.3) is 5.57 Å². The molecule has 0 aromatic heterocycles. The van der Waals surface area contributed by atoms with Crippen LogP contribution >= 0.6 is 15.9 Å². The van der Waals surface area contributed by atoms with Gasteiger partial charge in [0, 0.05) is 23.1 Å². The number of aliphatic hydroxyl groups is 1. The summed E-state index contributed by atoms with van der Waals surface area (Å²) in [4.78, 5) is 14.5. The largest absolute Gasteiger partial charge is 0.389 e. The smallest absolute Gasteiger partial charge is 0.259 e. The van der Waals surface area contributed by atoms with Gasteiger partial charge in [-0.3, -0.25) is 9.69 Å². The van der Waals surface area contributed by atoms with Crippen molar-refractivity contribution in [3.05, 3.63) is 52.8 Å². The molecule has 0 saturated heterocycles. The number of aliphatic hydroxyl groups excluding tert-OH is 1. The van der Waals surface area contributed by atoms with Gasteiger partial charge >= 0.3 is 0 Å². The number of benzene rings is 1. The van der Waals surface area contributed by atoms with Crippen molar-refractivity contribution in [2.45, 2.75) is 31.9 Å². The maximum absolute atomic E-state index is 12.8. The Labute approximate surface area is 139 Å². The summed E-state index contributed by atoms with van der Waals surface area (Å²) in [5.74, 6) is 0.492. The van der Waals surface area contributed by atoms with E-state index in [1.165, 1.54) is 0 Å². The highest BCUT2D eigenvalue weighted by Crippen LogP contribution is 2.32. The van der Waals surface area contributed by atoms with Gasteiger partial charge in [-0.15, -0.1) is 0 Å². The molecule has 5 heteroatoms. The van der Waals surface area contributed by atoms with E-state index < -0.39 is 6.10 Å². The summed E-state index contributed by atoms with van der Waals surface area (Å²) < 4.78 is 0.959. The van der Waals surface area contributed by atoms with Crippen molar-refractivity contribution >= 4 is 27.4 Å². The van der Waals surface area contributed by atoms with Crippen molar-refractivity contribution < 1.29 is 9.90 Å². The molecule has 0 aliphatic heterocycles. The van der Waals surface area contributed by atoms with Crippen LogP contribution < -0.4 is 5.32 Å². The first-order valence-corrected chi connectivity index (χ1v) is 8.09. The van der Waals surface area contributed by atoms with E-state index in [2.05, 4.69) is 27.8 Å². The molecule has 2 N–H and O–H groups in total. The zero-order valence-electron chi connectivity index (χ0n) is 12.8. The summed E-state index contributed by atoms with van der Waals surface area (Å²) in [5, 5.41) is 12.6. The molecular weight excluding hydrogens is 344 g/mol. The lowest BCUT2D eigenvalue weighted by atomic mass is 10.1. The fourth-order valence-electron chi connectivity index (χ4n) is 2.24. The molecule has 118 valence electrons. The summed E-state index contributed by atoms with van der Waals surface area (Å²) in [6.45, 7) is 5.62. The van der Waals surface area contributed by atoms with E-state index in [1.54, 1.807) is 24.9 Å². The van der Waals surface area contributed by atoms with Crippen LogP contribution in [-0.4, -0.2) is 35.1 Å². The minimum Gasteiger partial charge on any atom is -0.389 e. The first-order valence-electron chi connectivity index (χ1n) is 7.30. The predicted octanol–water partition coefficient (Wildman–Crippen LogP) is 2.89. The standard InChI is InChI=1S/C17H21BrN2O2/c1-11(21)10-16(19-3)20(15-8-9-15)17(22)12(2)13-4-6-14(18)7-5-13/h4-7,10-11,15,19,21H,2,8-9H2,1,3H3/b16-10-. The zero-order valence-corrected chi connectivity index (χ0v) is 14.4. The SMILES string of the molecule is C=C(C(=O)N(/C(=C\C(C)O)NC)C1CC1)c1ccc(Br)cc1. The lowest BCUT2D eigenvalue weighted by Gasteiger charge is -2.26. The van der Waals surface area contributed by atoms with Gasteiger partial charge in [-0.1, -0.05) is 34.6 Å². The molecule has 1 saturated carbocycles. The molecule has 1 fully saturated rings. The predicted molar refractivity (Wildman–Crippen MR) is 91.9 cm³/mol. The van der Waals surface area contributed by atoms with Crippen LogP contribution in [0.5, 0.6) is 0 Å². The molecule has 1 unspecified atom stereocenters. The van der Waals surface area contributed by atoms with E-state index in [4.69, 9.17) is 0 Å². The van der Waals surface area contributed by atoms with Crippen molar-refractivity contribution in [2.75, 3.05) is 7.05 Å². The minimum absolute atomic E-state index is 0.133. The molecule has 0 spiro atoms. The molecule has 22 heavy (non-hydrogen) atoms. The highest BCUT2D eigenvalue weighted by molar-refractivity contribution is 9.10. The Morgan fingerprint density at radius 1 is 1.45 bits per heavy atom. The Balaban J connectivity index is 2.26. The van der Waals surface area contributed by atoms with Crippen LogP contribution in [0.4, 0.5) is 0 Å². The molecular formula is C17H21BrN2O2. The molecule has 1 aliphatic rings. The highest BCUT2D eigenvalue weighted by Gasteiger charge is 2.36. The number of rotatable bonds is 6. The number of carbonyl (C=O) groups excluding carboxylic acids is 1. The Morgan fingerprint density at radius 2 is 2.05 bits per heavy atom. The lowest BCUT2D eigenvalue weighted by molar-refractivity contribution is -0.124. The van der Waals surface area contributed by atoms with Crippen molar-refractivity contribution in [3.8, 4) is 0 Å². The van der Waals surface area contributed by atoms with Gasteiger partial charge in [0.2, 0.25) is 0 Å². The third-order valence-electron chi connectivity index (χ3n) is 3.50. The van der Waals surface area contributed by atoms with Gasteiger partial charge in [-0.05, 0) is 43.5 Å². The highest BCUT2D eigenvalue weighted by atomic mass is 79.9. The van der Waals surface area contributed by atoms with Crippen molar-refractivity contribution in [1.29, 1.82) is 0 Å². The number of carbonyl (C=O) groups is 1. The van der Waals surface area contributed by atoms with E-state index in [0.29, 0.717) is 11.4 Å². The Hall–Kier alpha value is -1.59. The van der Waals surface area contributed by atoms with Crippen LogP contribution in [0.2, 0.25) is 0 Å². The maximum atomic E-state index is 12.8. The molecule has 1 amide bonds. The van der Waals surface area contributed by atoms with Gasteiger partial charge in [-0.25, -0.2) is 0 Å². The molecule has 4 nitrogen and oxygen atoms in total. The van der Waals surface area contributed by atoms with Crippen LogP contribution in [0.3, 0.4) is 0 Å². The van der Waals surface area contributed by atoms with Crippen molar-refractivity contribution in [2.24, 2.45) is 0 Å². The van der Waals surface area contributed by atoms with Crippen LogP contribution in [0.15, 0.2) is 47.2 Å². The summed E-state index contributed by atoms with van der Waals surface area (Å²) in [6.07, 6.45) is 2.96. The summed E-state index contributed by atoms with van der Waals surface area (Å²) in [6, 6.07) is 7.69. The molecule has 0 bridgehead atoms. The van der Waals surface area contributed by atoms with Gasteiger partial charge in [0.15, 0.2) is 0 Å². The summed E-state index contributed by atoms with van der Waals surface area (Å²) in [7, 11) is 1.75. The molecule has 1 aromatic carbocycles. The number of amides is 1. The van der Waals surface area contributed by atoms with Crippen LogP contribution in [-0.2, 0) is 4.79 Å². The average Bonchev–Trinajstić information content (AvgIpc) is 3.30. The molecule has 1 atom stereocenters. The third kappa shape index (κ3) is 3.99. The lowest BCUT2D eigenvalue weighted by Crippen LogP contribution is -2.38. The van der Waals surface area contributed by atoms with Crippen LogP contribution in [0.1, 0.15) is 25.3 Å². The van der Waals surface area contributed by atoms with Gasteiger partial charge in [0.05, 0.1) is 6.10 Å². The van der Waals surface area contributed by atoms with Crippen molar-refractivity contribution in [1.82, 2.24) is 10.2 Å². The Morgan fingerprint density at radius 3 is 2.50 bits per heavy atom. The monoisotopic (exact) mass is 364 g/mol. The summed E-state index contributed by atoms with van der Waals surface area (Å²) in [5.41, 5.74) is 1.25. The van der Waals surface area contributed by atoms with Crippen LogP contribution in [0, 0.1) is 0 Å². The first-order chi connectivity index (χ1) is 10.4. The number of nitrogens with one attached hydrogen (secondary N) is 1. The summed E-state index contributed by atoms with van der Waals surface area (Å²) >= 11 is 3.38. The molecule has 1 aromatic rings. The topological polar surface area (TPSA) is 52.6 Å². The third-order valence-corrected chi connectivity index (χ3v) is 4.03. The van der Waals surface area contributed by atoms with E-state index in [9.17, 15) is 9.90 Å². The molecule has 1 aliphatic carbocycles. The van der Waals surface area contributed by atoms with Gasteiger partial charge in [0.25, 0.3) is 5.91 Å². The number of hydrogen-bond acceptors (Lipinski definition) is 3. The van der Waals surface area contributed by atoms with E-state index in [0.717, 1.165) is 22.9 Å². The second kappa shape index (κ2) is 7.11. The van der Waals surface area contributed by atoms with Gasteiger partial charge in [0.1, 0.15) is 5.82 Å². The number of hydrogen-bond donors (Lipinski definition) is 2. The van der Waals surface area contributed by atoms with E-state index in [-0.39, 0.29) is 11.9 Å². The molecule has 0 heterocycles.